The highest BCUT2D eigenvalue weighted by atomic mass is 35.5. The van der Waals surface area contributed by atoms with Crippen molar-refractivity contribution >= 4 is 34.9 Å². The molecule has 2 aromatic carbocycles. The molecule has 3 rings (SSSR count). The minimum Gasteiger partial charge on any atom is -0.330 e. The van der Waals surface area contributed by atoms with Crippen molar-refractivity contribution in [2.75, 3.05) is 0 Å². The number of hydrogen-bond acceptors (Lipinski definition) is 1. The third-order valence-electron chi connectivity index (χ3n) is 2.94. The van der Waals surface area contributed by atoms with Gasteiger partial charge in [0.2, 0.25) is 0 Å². The van der Waals surface area contributed by atoms with Gasteiger partial charge in [0.1, 0.15) is 0 Å². The van der Waals surface area contributed by atoms with E-state index < -0.39 is 0 Å². The summed E-state index contributed by atoms with van der Waals surface area (Å²) in [6.45, 7) is 2.07. The van der Waals surface area contributed by atoms with Gasteiger partial charge in [-0.1, -0.05) is 29.3 Å². The second kappa shape index (κ2) is 4.26. The second-order valence-electron chi connectivity index (χ2n) is 4.26. The molecule has 0 spiro atoms. The van der Waals surface area contributed by atoms with Crippen molar-refractivity contribution < 1.29 is 0 Å². The van der Waals surface area contributed by atoms with E-state index in [1.807, 2.05) is 22.8 Å². The maximum atomic E-state index is 5.98. The zero-order valence-corrected chi connectivity index (χ0v) is 11.3. The fraction of sp³-hybridized carbons (Fsp3) is 0.0714. The lowest BCUT2D eigenvalue weighted by atomic mass is 10.2. The van der Waals surface area contributed by atoms with Crippen LogP contribution in [0.15, 0.2) is 42.5 Å². The molecule has 0 bridgehead atoms. The molecule has 1 heterocycles. The van der Waals surface area contributed by atoms with Crippen LogP contribution in [0.5, 0.6) is 0 Å². The van der Waals surface area contributed by atoms with Crippen LogP contribution < -0.4 is 0 Å². The van der Waals surface area contributed by atoms with E-state index in [0.717, 1.165) is 16.7 Å². The number of hydrogen-bond donors (Lipinski definition) is 1. The molecule has 0 unspecified atom stereocenters. The Morgan fingerprint density at radius 3 is 2.56 bits per heavy atom. The maximum Gasteiger partial charge on any atom is 0.182 e. The summed E-state index contributed by atoms with van der Waals surface area (Å²) in [6, 6.07) is 14.0. The van der Waals surface area contributed by atoms with Gasteiger partial charge in [0.15, 0.2) is 4.77 Å². The third kappa shape index (κ3) is 1.85. The van der Waals surface area contributed by atoms with Crippen molar-refractivity contribution in [3.63, 3.8) is 0 Å². The van der Waals surface area contributed by atoms with Crippen molar-refractivity contribution in [1.82, 2.24) is 9.55 Å². The van der Waals surface area contributed by atoms with E-state index >= 15 is 0 Å². The van der Waals surface area contributed by atoms with Gasteiger partial charge in [-0.05, 0) is 49.5 Å². The lowest BCUT2D eigenvalue weighted by molar-refractivity contribution is 1.06. The van der Waals surface area contributed by atoms with Crippen LogP contribution in [0.2, 0.25) is 5.02 Å². The summed E-state index contributed by atoms with van der Waals surface area (Å²) in [7, 11) is 0. The number of nitrogens with zero attached hydrogens (tertiary/aromatic N) is 1. The zero-order chi connectivity index (χ0) is 12.7. The molecule has 0 atom stereocenters. The van der Waals surface area contributed by atoms with Crippen LogP contribution in [0, 0.1) is 11.7 Å². The highest BCUT2D eigenvalue weighted by Crippen LogP contribution is 2.22. The first-order valence-electron chi connectivity index (χ1n) is 5.62. The SMILES string of the molecule is Cc1ccc(-n2c(=S)[nH]c3cc(Cl)ccc32)cc1. The van der Waals surface area contributed by atoms with Gasteiger partial charge >= 0.3 is 0 Å². The van der Waals surface area contributed by atoms with Gasteiger partial charge in [0.25, 0.3) is 0 Å². The normalized spacial score (nSPS) is 11.0. The molecule has 3 aromatic rings. The molecule has 0 aliphatic rings. The molecule has 18 heavy (non-hydrogen) atoms. The third-order valence-corrected chi connectivity index (χ3v) is 3.46. The molecular formula is C14H11ClN2S. The van der Waals surface area contributed by atoms with Gasteiger partial charge < -0.3 is 4.98 Å². The smallest absolute Gasteiger partial charge is 0.182 e. The molecule has 0 saturated heterocycles. The topological polar surface area (TPSA) is 20.7 Å². The highest BCUT2D eigenvalue weighted by molar-refractivity contribution is 7.71. The summed E-state index contributed by atoms with van der Waals surface area (Å²) in [4.78, 5) is 3.17. The lowest BCUT2D eigenvalue weighted by Crippen LogP contribution is -1.93. The summed E-state index contributed by atoms with van der Waals surface area (Å²) < 4.78 is 2.69. The fourth-order valence-electron chi connectivity index (χ4n) is 2.03. The van der Waals surface area contributed by atoms with Gasteiger partial charge in [-0.2, -0.15) is 0 Å². The molecule has 4 heteroatoms. The maximum absolute atomic E-state index is 5.98. The zero-order valence-electron chi connectivity index (χ0n) is 9.77. The number of fused-ring (bicyclic) bond motifs is 1. The Balaban J connectivity index is 2.32. The molecule has 0 aliphatic carbocycles. The lowest BCUT2D eigenvalue weighted by Gasteiger charge is -2.04. The van der Waals surface area contributed by atoms with E-state index in [-0.39, 0.29) is 0 Å². The largest absolute Gasteiger partial charge is 0.330 e. The van der Waals surface area contributed by atoms with Crippen LogP contribution >= 0.6 is 23.8 Å². The number of nitrogens with one attached hydrogen (secondary N) is 1. The molecule has 2 nitrogen and oxygen atoms in total. The van der Waals surface area contributed by atoms with Gasteiger partial charge in [-0.15, -0.1) is 0 Å². The highest BCUT2D eigenvalue weighted by Gasteiger charge is 2.06. The van der Waals surface area contributed by atoms with Crippen LogP contribution in [0.4, 0.5) is 0 Å². The number of aryl methyl sites for hydroxylation is 1. The average Bonchev–Trinajstić information content (AvgIpc) is 2.65. The first kappa shape index (κ1) is 11.5. The number of H-pyrrole nitrogens is 1. The van der Waals surface area contributed by atoms with E-state index in [1.54, 1.807) is 0 Å². The van der Waals surface area contributed by atoms with Crippen LogP contribution in [0.25, 0.3) is 16.7 Å². The second-order valence-corrected chi connectivity index (χ2v) is 5.09. The summed E-state index contributed by atoms with van der Waals surface area (Å²) in [5, 5.41) is 0.704. The average molecular weight is 275 g/mol. The molecule has 0 aliphatic heterocycles. The summed E-state index contributed by atoms with van der Waals surface area (Å²) in [5.74, 6) is 0. The number of aromatic nitrogens is 2. The first-order chi connectivity index (χ1) is 8.65. The molecule has 0 amide bonds. The molecule has 90 valence electrons. The monoisotopic (exact) mass is 274 g/mol. The summed E-state index contributed by atoms with van der Waals surface area (Å²) in [5.41, 5.74) is 4.27. The van der Waals surface area contributed by atoms with E-state index in [2.05, 4.69) is 36.2 Å². The molecule has 0 saturated carbocycles. The number of halogens is 1. The van der Waals surface area contributed by atoms with Gasteiger partial charge in [-0.3, -0.25) is 4.57 Å². The van der Waals surface area contributed by atoms with Crippen molar-refractivity contribution in [3.05, 3.63) is 57.8 Å². The minimum absolute atomic E-state index is 0.677. The van der Waals surface area contributed by atoms with Crippen molar-refractivity contribution in [3.8, 4) is 5.69 Å². The van der Waals surface area contributed by atoms with Crippen molar-refractivity contribution in [2.45, 2.75) is 6.92 Å². The van der Waals surface area contributed by atoms with E-state index in [1.165, 1.54) is 5.56 Å². The Bertz CT molecular complexity index is 769. The Morgan fingerprint density at radius 1 is 1.11 bits per heavy atom. The fourth-order valence-corrected chi connectivity index (χ4v) is 2.52. The van der Waals surface area contributed by atoms with Crippen LogP contribution in [-0.2, 0) is 0 Å². The molecule has 1 N–H and O–H groups in total. The number of imidazole rings is 1. The predicted molar refractivity (Wildman–Crippen MR) is 78.2 cm³/mol. The van der Waals surface area contributed by atoms with Gasteiger partial charge in [0.05, 0.1) is 11.0 Å². The standard InChI is InChI=1S/C14H11ClN2S/c1-9-2-5-11(6-3-9)17-13-7-4-10(15)8-12(13)16-14(17)18/h2-8H,1H3,(H,16,18). The number of benzene rings is 2. The van der Waals surface area contributed by atoms with Gasteiger partial charge in [0, 0.05) is 10.7 Å². The molecular weight excluding hydrogens is 264 g/mol. The van der Waals surface area contributed by atoms with E-state index in [9.17, 15) is 0 Å². The molecule has 0 radical (unpaired) electrons. The Morgan fingerprint density at radius 2 is 1.83 bits per heavy atom. The molecule has 0 fully saturated rings. The first-order valence-corrected chi connectivity index (χ1v) is 6.41. The van der Waals surface area contributed by atoms with Crippen LogP contribution in [0.3, 0.4) is 0 Å². The van der Waals surface area contributed by atoms with Crippen molar-refractivity contribution in [1.29, 1.82) is 0 Å². The van der Waals surface area contributed by atoms with Crippen LogP contribution in [0.1, 0.15) is 5.56 Å². The Labute approximate surface area is 115 Å². The summed E-state index contributed by atoms with van der Waals surface area (Å²) >= 11 is 11.4. The van der Waals surface area contributed by atoms with Gasteiger partial charge in [-0.25, -0.2) is 0 Å². The quantitative estimate of drug-likeness (QED) is 0.641. The molecule has 1 aromatic heterocycles. The Hall–Kier alpha value is -1.58. The predicted octanol–water partition coefficient (Wildman–Crippen LogP) is 4.65. The van der Waals surface area contributed by atoms with E-state index in [4.69, 9.17) is 23.8 Å². The number of rotatable bonds is 1. The minimum atomic E-state index is 0.677. The Kier molecular flexibility index (Phi) is 2.73. The van der Waals surface area contributed by atoms with Crippen molar-refractivity contribution in [2.24, 2.45) is 0 Å². The van der Waals surface area contributed by atoms with E-state index in [0.29, 0.717) is 9.79 Å². The number of aromatic amines is 1. The summed E-state index contributed by atoms with van der Waals surface area (Å²) in [6.07, 6.45) is 0. The van der Waals surface area contributed by atoms with Crippen LogP contribution in [-0.4, -0.2) is 9.55 Å².